The number of aliphatic carboxylic acids is 4. The van der Waals surface area contributed by atoms with Gasteiger partial charge in [-0.25, -0.2) is 0 Å². The highest BCUT2D eigenvalue weighted by atomic mass is 16.4. The standard InChI is InChI=1S/C11H12N2O2.C6H14N4O2.C5H9NO4/c12-9(11(14)15)5-7-6-13-10-4-2-1-3-8(7)10;7-4(5(11)12)2-1-3-10-6(8)9;6-3(5(9)10)1-2-4(7)8/h1-4,6,9,13H,5,12H2,(H,14,15);4H,1-3,7H2,(H,11,12)(H4,8,9,10);3H,1-2,6H2,(H,7,8)(H,9,10). The highest BCUT2D eigenvalue weighted by Crippen LogP contribution is 2.18. The van der Waals surface area contributed by atoms with Crippen molar-refractivity contribution in [1.82, 2.24) is 10.3 Å². The van der Waals surface area contributed by atoms with E-state index >= 15 is 0 Å². The summed E-state index contributed by atoms with van der Waals surface area (Å²) in [6, 6.07) is 5.03. The Bertz CT molecular complexity index is 1040. The van der Waals surface area contributed by atoms with Gasteiger partial charge in [-0.05, 0) is 30.9 Å². The first kappa shape index (κ1) is 32.8. The summed E-state index contributed by atoms with van der Waals surface area (Å²) in [4.78, 5) is 43.8. The zero-order valence-corrected chi connectivity index (χ0v) is 20.1. The molecule has 3 atom stereocenters. The van der Waals surface area contributed by atoms with Crippen LogP contribution in [-0.2, 0) is 25.6 Å². The van der Waals surface area contributed by atoms with Gasteiger partial charge in [0, 0.05) is 36.5 Å². The van der Waals surface area contributed by atoms with Crippen LogP contribution in [0.3, 0.4) is 0 Å². The van der Waals surface area contributed by atoms with Crippen molar-refractivity contribution in [2.24, 2.45) is 22.9 Å². The van der Waals surface area contributed by atoms with Gasteiger partial charge in [-0.15, -0.1) is 0 Å². The number of rotatable bonds is 12. The summed E-state index contributed by atoms with van der Waals surface area (Å²) in [6.45, 7) is 0.482. The van der Waals surface area contributed by atoms with E-state index < -0.39 is 42.0 Å². The SMILES string of the molecule is N=C(N)NCCCC(N)C(=O)O.NC(CCC(=O)O)C(=O)O.NC(Cc1c[nH]c2ccccc12)C(=O)O. The molecule has 15 N–H and O–H groups in total. The number of carbonyl (C=O) groups is 4. The molecule has 1 aromatic heterocycles. The van der Waals surface area contributed by atoms with Gasteiger partial charge in [0.2, 0.25) is 0 Å². The Morgan fingerprint density at radius 2 is 1.43 bits per heavy atom. The molecule has 3 unspecified atom stereocenters. The second-order valence-electron chi connectivity index (χ2n) is 7.81. The lowest BCUT2D eigenvalue weighted by molar-refractivity contribution is -0.141. The maximum Gasteiger partial charge on any atom is 0.320 e. The van der Waals surface area contributed by atoms with Crippen LogP contribution in [0.4, 0.5) is 0 Å². The van der Waals surface area contributed by atoms with E-state index in [2.05, 4.69) is 10.3 Å². The van der Waals surface area contributed by atoms with Gasteiger partial charge in [0.25, 0.3) is 0 Å². The fourth-order valence-electron chi connectivity index (χ4n) is 2.70. The fourth-order valence-corrected chi connectivity index (χ4v) is 2.70. The summed E-state index contributed by atoms with van der Waals surface area (Å²) < 4.78 is 0. The second kappa shape index (κ2) is 17.3. The van der Waals surface area contributed by atoms with Crippen LogP contribution >= 0.6 is 0 Å². The predicted octanol–water partition coefficient (Wildman–Crippen LogP) is -0.953. The van der Waals surface area contributed by atoms with E-state index in [0.29, 0.717) is 25.8 Å². The zero-order valence-electron chi connectivity index (χ0n) is 20.1. The third kappa shape index (κ3) is 14.7. The summed E-state index contributed by atoms with van der Waals surface area (Å²) in [7, 11) is 0. The number of hydrogen-bond donors (Lipinski definition) is 11. The van der Waals surface area contributed by atoms with Crippen molar-refractivity contribution in [3.8, 4) is 0 Å². The number of guanidine groups is 1. The molecule has 15 nitrogen and oxygen atoms in total. The minimum absolute atomic E-state index is 0.0231. The number of nitrogens with one attached hydrogen (secondary N) is 3. The lowest BCUT2D eigenvalue weighted by atomic mass is 10.1. The molecule has 0 radical (unpaired) electrons. The lowest BCUT2D eigenvalue weighted by Gasteiger charge is -2.06. The first-order chi connectivity index (χ1) is 17.3. The molecule has 0 amide bonds. The molecular weight excluding hydrogens is 490 g/mol. The molecule has 2 aromatic rings. The van der Waals surface area contributed by atoms with Crippen LogP contribution < -0.4 is 28.3 Å². The maximum atomic E-state index is 10.6. The number of hydrogen-bond acceptors (Lipinski definition) is 8. The van der Waals surface area contributed by atoms with Crippen LogP contribution in [0.2, 0.25) is 0 Å². The highest BCUT2D eigenvalue weighted by molar-refractivity contribution is 5.84. The van der Waals surface area contributed by atoms with Gasteiger partial charge in [-0.2, -0.15) is 0 Å². The minimum atomic E-state index is -1.17. The zero-order chi connectivity index (χ0) is 28.5. The van der Waals surface area contributed by atoms with Crippen LogP contribution in [0.25, 0.3) is 10.9 Å². The average Bonchev–Trinajstić information content (AvgIpc) is 3.23. The van der Waals surface area contributed by atoms with Crippen LogP contribution in [0, 0.1) is 5.41 Å². The number of aromatic nitrogens is 1. The Hall–Kier alpha value is -4.21. The molecule has 0 aliphatic rings. The van der Waals surface area contributed by atoms with Gasteiger partial charge >= 0.3 is 23.9 Å². The number of aromatic amines is 1. The Labute approximate surface area is 212 Å². The molecule has 0 aliphatic heterocycles. The number of benzene rings is 1. The summed E-state index contributed by atoms with van der Waals surface area (Å²) in [6.07, 6.45) is 2.91. The number of H-pyrrole nitrogens is 1. The Balaban J connectivity index is 0.000000540. The predicted molar refractivity (Wildman–Crippen MR) is 135 cm³/mol. The van der Waals surface area contributed by atoms with Gasteiger partial charge < -0.3 is 53.7 Å². The molecule has 0 bridgehead atoms. The van der Waals surface area contributed by atoms with Gasteiger partial charge in [-0.3, -0.25) is 24.6 Å². The van der Waals surface area contributed by atoms with Crippen molar-refractivity contribution in [2.45, 2.75) is 50.2 Å². The van der Waals surface area contributed by atoms with E-state index in [1.165, 1.54) is 0 Å². The molecule has 0 fully saturated rings. The van der Waals surface area contributed by atoms with Crippen LogP contribution in [-0.4, -0.2) is 79.9 Å². The van der Waals surface area contributed by atoms with E-state index in [1.54, 1.807) is 0 Å². The molecule has 1 heterocycles. The largest absolute Gasteiger partial charge is 0.481 e. The quantitative estimate of drug-likeness (QED) is 0.0905. The third-order valence-electron chi connectivity index (χ3n) is 4.74. The Kier molecular flexibility index (Phi) is 15.3. The number of nitrogens with two attached hydrogens (primary N) is 4. The fraction of sp³-hybridized carbons (Fsp3) is 0.409. The number of carboxylic acid groups (broad SMARTS) is 4. The van der Waals surface area contributed by atoms with E-state index in [4.69, 9.17) is 48.8 Å². The van der Waals surface area contributed by atoms with Crippen molar-refractivity contribution in [3.63, 3.8) is 0 Å². The molecule has 0 saturated carbocycles. The van der Waals surface area contributed by atoms with E-state index in [0.717, 1.165) is 16.5 Å². The maximum absolute atomic E-state index is 10.6. The number of para-hydroxylation sites is 1. The first-order valence-corrected chi connectivity index (χ1v) is 11.1. The first-order valence-electron chi connectivity index (χ1n) is 11.1. The van der Waals surface area contributed by atoms with Crippen LogP contribution in [0.1, 0.15) is 31.2 Å². The summed E-state index contributed by atoms with van der Waals surface area (Å²) in [5.41, 5.74) is 22.7. The average molecular weight is 526 g/mol. The molecule has 0 spiro atoms. The van der Waals surface area contributed by atoms with Crippen LogP contribution in [0.15, 0.2) is 30.5 Å². The van der Waals surface area contributed by atoms with Crippen molar-refractivity contribution >= 4 is 40.7 Å². The van der Waals surface area contributed by atoms with Crippen molar-refractivity contribution < 1.29 is 39.6 Å². The van der Waals surface area contributed by atoms with Crippen molar-refractivity contribution in [2.75, 3.05) is 6.54 Å². The van der Waals surface area contributed by atoms with Crippen LogP contribution in [0.5, 0.6) is 0 Å². The van der Waals surface area contributed by atoms with E-state index in [1.807, 2.05) is 30.5 Å². The lowest BCUT2D eigenvalue weighted by Crippen LogP contribution is -2.34. The van der Waals surface area contributed by atoms with Crippen molar-refractivity contribution in [3.05, 3.63) is 36.0 Å². The van der Waals surface area contributed by atoms with Gasteiger partial charge in [0.15, 0.2) is 5.96 Å². The van der Waals surface area contributed by atoms with E-state index in [-0.39, 0.29) is 18.8 Å². The topological polar surface area (TPSA) is 305 Å². The van der Waals surface area contributed by atoms with Gasteiger partial charge in [0.1, 0.15) is 18.1 Å². The molecular formula is C22H35N7O8. The minimum Gasteiger partial charge on any atom is -0.481 e. The Morgan fingerprint density at radius 1 is 0.892 bits per heavy atom. The summed E-state index contributed by atoms with van der Waals surface area (Å²) in [5.74, 6) is -4.28. The monoisotopic (exact) mass is 525 g/mol. The smallest absolute Gasteiger partial charge is 0.320 e. The van der Waals surface area contributed by atoms with Crippen molar-refractivity contribution in [1.29, 1.82) is 5.41 Å². The second-order valence-corrected chi connectivity index (χ2v) is 7.81. The summed E-state index contributed by atoms with van der Waals surface area (Å²) in [5, 5.41) is 43.7. The van der Waals surface area contributed by atoms with Gasteiger partial charge in [0.05, 0.1) is 0 Å². The molecule has 15 heteroatoms. The molecule has 206 valence electrons. The van der Waals surface area contributed by atoms with E-state index in [9.17, 15) is 19.2 Å². The molecule has 0 saturated heterocycles. The normalized spacial score (nSPS) is 12.5. The molecule has 1 aromatic carbocycles. The highest BCUT2D eigenvalue weighted by Gasteiger charge is 2.14. The Morgan fingerprint density at radius 3 is 1.95 bits per heavy atom. The summed E-state index contributed by atoms with van der Waals surface area (Å²) >= 11 is 0. The molecule has 2 rings (SSSR count). The number of fused-ring (bicyclic) bond motifs is 1. The molecule has 37 heavy (non-hydrogen) atoms. The molecule has 0 aliphatic carbocycles. The third-order valence-corrected chi connectivity index (χ3v) is 4.74. The number of carboxylic acids is 4. The van der Waals surface area contributed by atoms with Gasteiger partial charge in [-0.1, -0.05) is 18.2 Å².